The summed E-state index contributed by atoms with van der Waals surface area (Å²) in [6.07, 6.45) is 2.21. The first-order chi connectivity index (χ1) is 6.31. The zero-order valence-corrected chi connectivity index (χ0v) is 13.2. The average molecular weight is 257 g/mol. The Morgan fingerprint density at radius 1 is 0.786 bits per heavy atom. The van der Waals surface area contributed by atoms with Crippen molar-refractivity contribution in [3.63, 3.8) is 0 Å². The molecule has 0 bridgehead atoms. The second kappa shape index (κ2) is 5.39. The van der Waals surface area contributed by atoms with Crippen molar-refractivity contribution in [2.45, 2.75) is 67.5 Å². The standard InChI is InChI=1S/C13H28Ge/c1-9-13(8)14(10(2)3,11(4)5)12(6)7/h9-13H,1H2,2-8H3. The summed E-state index contributed by atoms with van der Waals surface area (Å²) in [6, 6.07) is 0. The van der Waals surface area contributed by atoms with Gasteiger partial charge >= 0.3 is 93.4 Å². The van der Waals surface area contributed by atoms with E-state index >= 15 is 0 Å². The third-order valence-electron chi connectivity index (χ3n) is 4.14. The van der Waals surface area contributed by atoms with E-state index < -0.39 is 13.3 Å². The molecule has 1 unspecified atom stereocenters. The van der Waals surface area contributed by atoms with E-state index in [0.29, 0.717) is 0 Å². The van der Waals surface area contributed by atoms with Crippen LogP contribution >= 0.6 is 0 Å². The molecular weight excluding hydrogens is 229 g/mol. The van der Waals surface area contributed by atoms with E-state index in [-0.39, 0.29) is 0 Å². The van der Waals surface area contributed by atoms with Gasteiger partial charge in [-0.2, -0.15) is 0 Å². The number of allylic oxidation sites excluding steroid dienone is 1. The molecule has 0 saturated heterocycles. The van der Waals surface area contributed by atoms with Crippen LogP contribution in [-0.2, 0) is 0 Å². The normalized spacial score (nSPS) is 15.3. The van der Waals surface area contributed by atoms with Crippen LogP contribution in [0.3, 0.4) is 0 Å². The van der Waals surface area contributed by atoms with E-state index in [1.165, 1.54) is 0 Å². The zero-order valence-electron chi connectivity index (χ0n) is 11.1. The van der Waals surface area contributed by atoms with Crippen molar-refractivity contribution >= 4 is 13.3 Å². The molecule has 0 nitrogen and oxygen atoms in total. The van der Waals surface area contributed by atoms with Crippen LogP contribution in [0.4, 0.5) is 0 Å². The topological polar surface area (TPSA) is 0 Å². The first-order valence-electron chi connectivity index (χ1n) is 5.94. The van der Waals surface area contributed by atoms with E-state index in [1.807, 2.05) is 0 Å². The molecule has 0 aliphatic heterocycles. The monoisotopic (exact) mass is 258 g/mol. The van der Waals surface area contributed by atoms with Gasteiger partial charge in [-0.1, -0.05) is 0 Å². The molecule has 1 atom stereocenters. The molecule has 14 heavy (non-hydrogen) atoms. The maximum absolute atomic E-state index is 4.02. The summed E-state index contributed by atoms with van der Waals surface area (Å²) in [5.41, 5.74) is 0. The van der Waals surface area contributed by atoms with E-state index in [2.05, 4.69) is 61.1 Å². The number of hydrogen-bond acceptors (Lipinski definition) is 0. The van der Waals surface area contributed by atoms with Crippen LogP contribution in [0.15, 0.2) is 12.7 Å². The minimum atomic E-state index is -1.82. The van der Waals surface area contributed by atoms with Gasteiger partial charge in [0, 0.05) is 0 Å². The van der Waals surface area contributed by atoms with Gasteiger partial charge < -0.3 is 0 Å². The molecule has 0 heterocycles. The number of hydrogen-bond donors (Lipinski definition) is 0. The van der Waals surface area contributed by atoms with Crippen LogP contribution in [0.1, 0.15) is 48.5 Å². The van der Waals surface area contributed by atoms with Gasteiger partial charge in [-0.25, -0.2) is 0 Å². The molecule has 84 valence electrons. The Labute approximate surface area is 93.5 Å². The first kappa shape index (κ1) is 14.3. The summed E-state index contributed by atoms with van der Waals surface area (Å²) in [5, 5.41) is 0. The van der Waals surface area contributed by atoms with Gasteiger partial charge in [0.1, 0.15) is 0 Å². The van der Waals surface area contributed by atoms with Gasteiger partial charge in [0.2, 0.25) is 0 Å². The fourth-order valence-electron chi connectivity index (χ4n) is 3.78. The van der Waals surface area contributed by atoms with Crippen molar-refractivity contribution in [3.05, 3.63) is 12.7 Å². The van der Waals surface area contributed by atoms with Crippen LogP contribution in [0.5, 0.6) is 0 Å². The van der Waals surface area contributed by atoms with Crippen molar-refractivity contribution in [3.8, 4) is 0 Å². The van der Waals surface area contributed by atoms with Gasteiger partial charge in [-0.05, 0) is 0 Å². The van der Waals surface area contributed by atoms with E-state index in [4.69, 9.17) is 0 Å². The SMILES string of the molecule is C=C[CH](C)[Ge]([CH](C)C)([CH](C)C)[CH](C)C. The molecule has 0 aromatic carbocycles. The van der Waals surface area contributed by atoms with E-state index in [0.717, 1.165) is 19.0 Å². The second-order valence-electron chi connectivity index (χ2n) is 5.49. The molecule has 0 amide bonds. The Hall–Kier alpha value is 0.283. The van der Waals surface area contributed by atoms with Gasteiger partial charge in [0.15, 0.2) is 0 Å². The molecule has 0 aliphatic rings. The van der Waals surface area contributed by atoms with Crippen molar-refractivity contribution in [2.24, 2.45) is 0 Å². The molecule has 0 spiro atoms. The zero-order chi connectivity index (χ0) is 11.5. The summed E-state index contributed by atoms with van der Waals surface area (Å²) < 4.78 is 3.45. The molecule has 0 N–H and O–H groups in total. The third kappa shape index (κ3) is 2.26. The van der Waals surface area contributed by atoms with Crippen molar-refractivity contribution < 1.29 is 0 Å². The molecule has 0 aromatic heterocycles. The third-order valence-corrected chi connectivity index (χ3v) is 20.5. The van der Waals surface area contributed by atoms with Crippen LogP contribution < -0.4 is 0 Å². The molecule has 0 radical (unpaired) electrons. The molecule has 1 heteroatoms. The number of rotatable bonds is 5. The quantitative estimate of drug-likeness (QED) is 0.466. The first-order valence-corrected chi connectivity index (χ1v) is 10.8. The Morgan fingerprint density at radius 3 is 1.14 bits per heavy atom. The second-order valence-corrected chi connectivity index (χ2v) is 18.9. The van der Waals surface area contributed by atoms with Gasteiger partial charge in [-0.15, -0.1) is 0 Å². The van der Waals surface area contributed by atoms with Crippen molar-refractivity contribution in [1.29, 1.82) is 0 Å². The van der Waals surface area contributed by atoms with E-state index in [9.17, 15) is 0 Å². The Kier molecular flexibility index (Phi) is 5.50. The fraction of sp³-hybridized carbons (Fsp3) is 0.846. The van der Waals surface area contributed by atoms with Gasteiger partial charge in [0.25, 0.3) is 0 Å². The summed E-state index contributed by atoms with van der Waals surface area (Å²) in [5.74, 6) is 0. The van der Waals surface area contributed by atoms with Gasteiger partial charge in [0.05, 0.1) is 0 Å². The fourth-order valence-corrected chi connectivity index (χ4v) is 19.6. The van der Waals surface area contributed by atoms with Crippen molar-refractivity contribution in [2.75, 3.05) is 0 Å². The van der Waals surface area contributed by atoms with Crippen LogP contribution in [0, 0.1) is 0 Å². The molecule has 0 aliphatic carbocycles. The molecule has 0 saturated carbocycles. The molecule has 0 aromatic rings. The van der Waals surface area contributed by atoms with Gasteiger partial charge in [-0.3, -0.25) is 0 Å². The van der Waals surface area contributed by atoms with Crippen LogP contribution in [0.25, 0.3) is 0 Å². The van der Waals surface area contributed by atoms with Crippen LogP contribution in [-0.4, -0.2) is 13.3 Å². The Bertz CT molecular complexity index is 158. The van der Waals surface area contributed by atoms with Crippen LogP contribution in [0.2, 0.25) is 19.0 Å². The predicted molar refractivity (Wildman–Crippen MR) is 70.7 cm³/mol. The summed E-state index contributed by atoms with van der Waals surface area (Å²) in [6.45, 7) is 21.0. The van der Waals surface area contributed by atoms with Crippen molar-refractivity contribution in [1.82, 2.24) is 0 Å². The molecule has 0 fully saturated rings. The summed E-state index contributed by atoms with van der Waals surface area (Å²) in [7, 11) is 0. The summed E-state index contributed by atoms with van der Waals surface area (Å²) >= 11 is -1.82. The summed E-state index contributed by atoms with van der Waals surface area (Å²) in [4.78, 5) is 0. The Balaban J connectivity index is 5.26. The molecule has 0 rings (SSSR count). The van der Waals surface area contributed by atoms with E-state index in [1.54, 1.807) is 0 Å². The molecular formula is C13H28Ge. The minimum absolute atomic E-state index is 0.773. The average Bonchev–Trinajstić information content (AvgIpc) is 2.02. The maximum atomic E-state index is 4.02. The Morgan fingerprint density at radius 2 is 1.07 bits per heavy atom. The predicted octanol–water partition coefficient (Wildman–Crippen LogP) is 5.24.